The minimum absolute atomic E-state index is 0.457. The number of imidazole rings is 1. The van der Waals surface area contributed by atoms with Gasteiger partial charge in [0, 0.05) is 23.8 Å². The summed E-state index contributed by atoms with van der Waals surface area (Å²) in [7, 11) is 0. The van der Waals surface area contributed by atoms with Gasteiger partial charge in [0.15, 0.2) is 6.10 Å². The molecule has 0 radical (unpaired) electrons. The van der Waals surface area contributed by atoms with Crippen LogP contribution in [0.15, 0.2) is 73.3 Å². The van der Waals surface area contributed by atoms with Gasteiger partial charge in [-0.05, 0) is 29.8 Å². The second-order valence-corrected chi connectivity index (χ2v) is 4.82. The number of nitrogens with zero attached hydrogens (tertiary/aromatic N) is 2. The number of aliphatic hydroxyl groups is 1. The molecule has 0 aliphatic carbocycles. The zero-order chi connectivity index (χ0) is 15.4. The van der Waals surface area contributed by atoms with Crippen molar-refractivity contribution in [2.45, 2.75) is 6.10 Å². The summed E-state index contributed by atoms with van der Waals surface area (Å²) < 4.78 is 1.87. The minimum atomic E-state index is -1.19. The van der Waals surface area contributed by atoms with Crippen LogP contribution in [-0.4, -0.2) is 20.6 Å². The molecule has 3 rings (SSSR count). The standard InChI is InChI=1S/C17H15N3O2/c21-16(13-4-2-1-3-5-13)17(22)19-14-6-8-15(9-7-14)20-11-10-18-12-20/h1-12,16,21H,(H,19,22). The van der Waals surface area contributed by atoms with Gasteiger partial charge in [0.1, 0.15) is 0 Å². The highest BCUT2D eigenvalue weighted by molar-refractivity contribution is 5.94. The first-order valence-corrected chi connectivity index (χ1v) is 6.86. The summed E-state index contributed by atoms with van der Waals surface area (Å²) in [6.45, 7) is 0. The summed E-state index contributed by atoms with van der Waals surface area (Å²) in [5, 5.41) is 12.7. The predicted octanol–water partition coefficient (Wildman–Crippen LogP) is 2.54. The first-order valence-electron chi connectivity index (χ1n) is 6.86. The molecule has 1 unspecified atom stereocenters. The number of aromatic nitrogens is 2. The first-order chi connectivity index (χ1) is 10.7. The molecule has 0 saturated heterocycles. The maximum atomic E-state index is 12.1. The molecule has 0 saturated carbocycles. The van der Waals surface area contributed by atoms with Gasteiger partial charge in [0.25, 0.3) is 5.91 Å². The summed E-state index contributed by atoms with van der Waals surface area (Å²) in [6, 6.07) is 16.1. The van der Waals surface area contributed by atoms with E-state index in [2.05, 4.69) is 10.3 Å². The van der Waals surface area contributed by atoms with Crippen molar-refractivity contribution < 1.29 is 9.90 Å². The third-order valence-corrected chi connectivity index (χ3v) is 3.30. The molecule has 2 aromatic carbocycles. The highest BCUT2D eigenvalue weighted by Gasteiger charge is 2.16. The van der Waals surface area contributed by atoms with Crippen LogP contribution in [0, 0.1) is 0 Å². The van der Waals surface area contributed by atoms with Crippen LogP contribution in [0.5, 0.6) is 0 Å². The van der Waals surface area contributed by atoms with E-state index in [0.717, 1.165) is 5.69 Å². The van der Waals surface area contributed by atoms with Crippen molar-refractivity contribution in [2.75, 3.05) is 5.32 Å². The number of rotatable bonds is 4. The molecular weight excluding hydrogens is 278 g/mol. The molecule has 1 aromatic heterocycles. The molecule has 5 heteroatoms. The van der Waals surface area contributed by atoms with Crippen molar-refractivity contribution in [2.24, 2.45) is 0 Å². The lowest BCUT2D eigenvalue weighted by atomic mass is 10.1. The second-order valence-electron chi connectivity index (χ2n) is 4.82. The monoisotopic (exact) mass is 293 g/mol. The molecule has 5 nitrogen and oxygen atoms in total. The van der Waals surface area contributed by atoms with Crippen molar-refractivity contribution in [3.05, 3.63) is 78.9 Å². The van der Waals surface area contributed by atoms with Gasteiger partial charge < -0.3 is 15.0 Å². The Hall–Kier alpha value is -2.92. The van der Waals surface area contributed by atoms with E-state index in [-0.39, 0.29) is 0 Å². The molecule has 22 heavy (non-hydrogen) atoms. The smallest absolute Gasteiger partial charge is 0.257 e. The highest BCUT2D eigenvalue weighted by Crippen LogP contribution is 2.17. The zero-order valence-corrected chi connectivity index (χ0v) is 11.8. The fourth-order valence-corrected chi connectivity index (χ4v) is 2.13. The lowest BCUT2D eigenvalue weighted by Crippen LogP contribution is -2.20. The van der Waals surface area contributed by atoms with E-state index in [1.54, 1.807) is 48.9 Å². The van der Waals surface area contributed by atoms with Crippen LogP contribution in [0.3, 0.4) is 0 Å². The van der Waals surface area contributed by atoms with Gasteiger partial charge in [-0.3, -0.25) is 4.79 Å². The van der Waals surface area contributed by atoms with Crippen molar-refractivity contribution in [3.63, 3.8) is 0 Å². The van der Waals surface area contributed by atoms with Crippen LogP contribution in [0.4, 0.5) is 5.69 Å². The fourth-order valence-electron chi connectivity index (χ4n) is 2.13. The number of benzene rings is 2. The molecule has 3 aromatic rings. The number of amides is 1. The van der Waals surface area contributed by atoms with Gasteiger partial charge in [0.05, 0.1) is 6.33 Å². The average molecular weight is 293 g/mol. The largest absolute Gasteiger partial charge is 0.378 e. The van der Waals surface area contributed by atoms with Gasteiger partial charge in [-0.1, -0.05) is 30.3 Å². The van der Waals surface area contributed by atoms with Crippen LogP contribution in [0.2, 0.25) is 0 Å². The highest BCUT2D eigenvalue weighted by atomic mass is 16.3. The molecule has 1 amide bonds. The average Bonchev–Trinajstić information content (AvgIpc) is 3.10. The SMILES string of the molecule is O=C(Nc1ccc(-n2ccnc2)cc1)C(O)c1ccccc1. The van der Waals surface area contributed by atoms with Crippen LogP contribution in [0.1, 0.15) is 11.7 Å². The quantitative estimate of drug-likeness (QED) is 0.777. The van der Waals surface area contributed by atoms with E-state index in [9.17, 15) is 9.90 Å². The molecule has 0 fully saturated rings. The molecule has 0 spiro atoms. The van der Waals surface area contributed by atoms with Gasteiger partial charge >= 0.3 is 0 Å². The van der Waals surface area contributed by atoms with E-state index < -0.39 is 12.0 Å². The third-order valence-electron chi connectivity index (χ3n) is 3.30. The second kappa shape index (κ2) is 6.24. The van der Waals surface area contributed by atoms with Crippen LogP contribution < -0.4 is 5.32 Å². The molecule has 0 aliphatic heterocycles. The summed E-state index contributed by atoms with van der Waals surface area (Å²) in [4.78, 5) is 16.0. The fraction of sp³-hybridized carbons (Fsp3) is 0.0588. The van der Waals surface area contributed by atoms with Crippen molar-refractivity contribution in [1.29, 1.82) is 0 Å². The number of aliphatic hydroxyl groups excluding tert-OH is 1. The molecular formula is C17H15N3O2. The van der Waals surface area contributed by atoms with Crippen LogP contribution >= 0.6 is 0 Å². The topological polar surface area (TPSA) is 67.2 Å². The number of nitrogens with one attached hydrogen (secondary N) is 1. The first kappa shape index (κ1) is 14.0. The maximum Gasteiger partial charge on any atom is 0.257 e. The number of carbonyl (C=O) groups is 1. The van der Waals surface area contributed by atoms with Crippen LogP contribution in [0.25, 0.3) is 5.69 Å². The summed E-state index contributed by atoms with van der Waals surface area (Å²) in [6.07, 6.45) is 4.06. The molecule has 1 heterocycles. The van der Waals surface area contributed by atoms with E-state index in [1.165, 1.54) is 0 Å². The van der Waals surface area contributed by atoms with Crippen molar-refractivity contribution >= 4 is 11.6 Å². The predicted molar refractivity (Wildman–Crippen MR) is 83.6 cm³/mol. The Bertz CT molecular complexity index is 737. The van der Waals surface area contributed by atoms with Crippen molar-refractivity contribution in [3.8, 4) is 5.69 Å². The lowest BCUT2D eigenvalue weighted by molar-refractivity contribution is -0.124. The van der Waals surface area contributed by atoms with E-state index in [4.69, 9.17) is 0 Å². The molecule has 0 aliphatic rings. The molecule has 2 N–H and O–H groups in total. The molecule has 110 valence electrons. The Labute approximate surface area is 127 Å². The van der Waals surface area contributed by atoms with Gasteiger partial charge in [-0.2, -0.15) is 0 Å². The lowest BCUT2D eigenvalue weighted by Gasteiger charge is -2.12. The number of carbonyl (C=O) groups excluding carboxylic acids is 1. The normalized spacial score (nSPS) is 11.9. The third kappa shape index (κ3) is 3.05. The Morgan fingerprint density at radius 3 is 2.45 bits per heavy atom. The Morgan fingerprint density at radius 1 is 1.09 bits per heavy atom. The van der Waals surface area contributed by atoms with Crippen LogP contribution in [-0.2, 0) is 4.79 Å². The van der Waals surface area contributed by atoms with Gasteiger partial charge in [0.2, 0.25) is 0 Å². The van der Waals surface area contributed by atoms with E-state index >= 15 is 0 Å². The van der Waals surface area contributed by atoms with Crippen molar-refractivity contribution in [1.82, 2.24) is 9.55 Å². The zero-order valence-electron chi connectivity index (χ0n) is 11.8. The Balaban J connectivity index is 1.69. The molecule has 1 atom stereocenters. The number of hydrogen-bond donors (Lipinski definition) is 2. The Morgan fingerprint density at radius 2 is 1.82 bits per heavy atom. The maximum absolute atomic E-state index is 12.1. The van der Waals surface area contributed by atoms with Gasteiger partial charge in [-0.15, -0.1) is 0 Å². The minimum Gasteiger partial charge on any atom is -0.378 e. The van der Waals surface area contributed by atoms with E-state index in [0.29, 0.717) is 11.3 Å². The van der Waals surface area contributed by atoms with Gasteiger partial charge in [-0.25, -0.2) is 4.98 Å². The summed E-state index contributed by atoms with van der Waals surface area (Å²) >= 11 is 0. The summed E-state index contributed by atoms with van der Waals surface area (Å²) in [5.41, 5.74) is 2.14. The number of anilines is 1. The van der Waals surface area contributed by atoms with E-state index in [1.807, 2.05) is 29.0 Å². The summed E-state index contributed by atoms with van der Waals surface area (Å²) in [5.74, 6) is -0.457. The number of hydrogen-bond acceptors (Lipinski definition) is 3. The molecule has 0 bridgehead atoms. The Kier molecular flexibility index (Phi) is 3.98.